The van der Waals surface area contributed by atoms with E-state index in [0.29, 0.717) is 6.54 Å². The van der Waals surface area contributed by atoms with Crippen molar-refractivity contribution in [3.63, 3.8) is 0 Å². The molecule has 0 amide bonds. The molecular formula is C12H16N4. The third kappa shape index (κ3) is 1.72. The smallest absolute Gasteiger partial charge is 0.142 e. The van der Waals surface area contributed by atoms with E-state index in [2.05, 4.69) is 23.8 Å². The first-order chi connectivity index (χ1) is 7.77. The van der Waals surface area contributed by atoms with Gasteiger partial charge in [-0.1, -0.05) is 6.92 Å². The first-order valence-corrected chi connectivity index (χ1v) is 5.45. The van der Waals surface area contributed by atoms with Gasteiger partial charge in [0.1, 0.15) is 11.6 Å². The zero-order valence-electron chi connectivity index (χ0n) is 9.64. The predicted octanol–water partition coefficient (Wildman–Crippen LogP) is 1.60. The highest BCUT2D eigenvalue weighted by Crippen LogP contribution is 2.17. The third-order valence-electron chi connectivity index (χ3n) is 2.73. The van der Waals surface area contributed by atoms with Gasteiger partial charge in [-0.25, -0.2) is 9.97 Å². The van der Waals surface area contributed by atoms with Crippen molar-refractivity contribution in [1.29, 1.82) is 0 Å². The molecule has 2 rings (SSSR count). The fraction of sp³-hybridized carbons (Fsp3) is 0.333. The number of aryl methyl sites for hydroxylation is 2. The number of rotatable bonds is 3. The lowest BCUT2D eigenvalue weighted by Crippen LogP contribution is -2.10. The van der Waals surface area contributed by atoms with Crippen molar-refractivity contribution in [3.8, 4) is 5.82 Å². The monoisotopic (exact) mass is 216 g/mol. The molecule has 0 fully saturated rings. The molecule has 84 valence electrons. The Kier molecular flexibility index (Phi) is 3.01. The number of nitrogens with zero attached hydrogens (tertiary/aromatic N) is 3. The summed E-state index contributed by atoms with van der Waals surface area (Å²) in [6.45, 7) is 4.63. The van der Waals surface area contributed by atoms with Gasteiger partial charge in [-0.2, -0.15) is 0 Å². The largest absolute Gasteiger partial charge is 0.326 e. The molecule has 16 heavy (non-hydrogen) atoms. The number of hydrogen-bond acceptors (Lipinski definition) is 3. The van der Waals surface area contributed by atoms with Crippen molar-refractivity contribution in [1.82, 2.24) is 14.5 Å². The van der Waals surface area contributed by atoms with Crippen molar-refractivity contribution < 1.29 is 0 Å². The van der Waals surface area contributed by atoms with Crippen LogP contribution < -0.4 is 5.73 Å². The maximum Gasteiger partial charge on any atom is 0.142 e. The Morgan fingerprint density at radius 3 is 2.81 bits per heavy atom. The lowest BCUT2D eigenvalue weighted by molar-refractivity contribution is 0.844. The normalized spacial score (nSPS) is 10.7. The quantitative estimate of drug-likeness (QED) is 0.847. The van der Waals surface area contributed by atoms with Crippen LogP contribution in [0.2, 0.25) is 0 Å². The van der Waals surface area contributed by atoms with E-state index in [-0.39, 0.29) is 0 Å². The second-order valence-corrected chi connectivity index (χ2v) is 3.70. The lowest BCUT2D eigenvalue weighted by atomic mass is 10.1. The molecule has 2 aromatic rings. The second kappa shape index (κ2) is 4.45. The summed E-state index contributed by atoms with van der Waals surface area (Å²) >= 11 is 0. The van der Waals surface area contributed by atoms with Crippen LogP contribution in [0.15, 0.2) is 24.7 Å². The van der Waals surface area contributed by atoms with Gasteiger partial charge in [0.05, 0.1) is 0 Å². The van der Waals surface area contributed by atoms with Crippen molar-refractivity contribution in [2.24, 2.45) is 5.73 Å². The highest BCUT2D eigenvalue weighted by molar-refractivity contribution is 5.40. The van der Waals surface area contributed by atoms with Crippen molar-refractivity contribution in [2.45, 2.75) is 26.8 Å². The van der Waals surface area contributed by atoms with E-state index in [0.717, 1.165) is 23.6 Å². The Hall–Kier alpha value is -1.68. The Balaban J connectivity index is 2.60. The highest BCUT2D eigenvalue weighted by Gasteiger charge is 2.10. The summed E-state index contributed by atoms with van der Waals surface area (Å²) in [6.07, 6.45) is 6.42. The highest BCUT2D eigenvalue weighted by atomic mass is 15.1. The Morgan fingerprint density at radius 2 is 2.12 bits per heavy atom. The van der Waals surface area contributed by atoms with E-state index in [1.807, 2.05) is 23.0 Å². The van der Waals surface area contributed by atoms with Gasteiger partial charge >= 0.3 is 0 Å². The average molecular weight is 216 g/mol. The van der Waals surface area contributed by atoms with Gasteiger partial charge in [0.15, 0.2) is 0 Å². The van der Waals surface area contributed by atoms with Crippen LogP contribution in [0.4, 0.5) is 0 Å². The molecule has 4 nitrogen and oxygen atoms in total. The predicted molar refractivity (Wildman–Crippen MR) is 63.4 cm³/mol. The summed E-state index contributed by atoms with van der Waals surface area (Å²) in [5.74, 6) is 1.91. The summed E-state index contributed by atoms with van der Waals surface area (Å²) in [4.78, 5) is 8.70. The maximum absolute atomic E-state index is 5.78. The Bertz CT molecular complexity index is 488. The van der Waals surface area contributed by atoms with Crippen LogP contribution in [0.5, 0.6) is 0 Å². The molecule has 2 N–H and O–H groups in total. The SMILES string of the molecule is CCc1nccn1-c1nccc(C)c1CN. The number of nitrogens with two attached hydrogens (primary N) is 1. The van der Waals surface area contributed by atoms with E-state index in [1.165, 1.54) is 5.56 Å². The van der Waals surface area contributed by atoms with E-state index in [4.69, 9.17) is 5.73 Å². The van der Waals surface area contributed by atoms with E-state index >= 15 is 0 Å². The maximum atomic E-state index is 5.78. The molecule has 0 radical (unpaired) electrons. The number of hydrogen-bond donors (Lipinski definition) is 1. The van der Waals surface area contributed by atoms with E-state index in [1.54, 1.807) is 6.20 Å². The molecule has 0 aliphatic rings. The summed E-state index contributed by atoms with van der Waals surface area (Å²) in [5, 5.41) is 0. The van der Waals surface area contributed by atoms with Crippen LogP contribution in [0.25, 0.3) is 5.82 Å². The zero-order valence-corrected chi connectivity index (χ0v) is 9.64. The summed E-state index contributed by atoms with van der Waals surface area (Å²) < 4.78 is 2.01. The molecular weight excluding hydrogens is 200 g/mol. The molecule has 0 saturated carbocycles. The molecule has 0 spiro atoms. The second-order valence-electron chi connectivity index (χ2n) is 3.70. The minimum absolute atomic E-state index is 0.496. The van der Waals surface area contributed by atoms with Gasteiger partial charge in [0.25, 0.3) is 0 Å². The van der Waals surface area contributed by atoms with Gasteiger partial charge in [-0.15, -0.1) is 0 Å². The van der Waals surface area contributed by atoms with Crippen LogP contribution >= 0.6 is 0 Å². The summed E-state index contributed by atoms with van der Waals surface area (Å²) in [6, 6.07) is 1.98. The fourth-order valence-corrected chi connectivity index (χ4v) is 1.82. The molecule has 2 aromatic heterocycles. The van der Waals surface area contributed by atoms with Crippen LogP contribution in [-0.2, 0) is 13.0 Å². The molecule has 4 heteroatoms. The standard InChI is InChI=1S/C12H16N4/c1-3-11-14-6-7-16(11)12-10(8-13)9(2)4-5-15-12/h4-7H,3,8,13H2,1-2H3. The van der Waals surface area contributed by atoms with Gasteiger partial charge in [-0.3, -0.25) is 4.57 Å². The van der Waals surface area contributed by atoms with Crippen molar-refractivity contribution in [3.05, 3.63) is 41.6 Å². The average Bonchev–Trinajstić information content (AvgIpc) is 2.76. The van der Waals surface area contributed by atoms with Crippen LogP contribution in [0.3, 0.4) is 0 Å². The van der Waals surface area contributed by atoms with Crippen LogP contribution in [0, 0.1) is 6.92 Å². The number of aromatic nitrogens is 3. The fourth-order valence-electron chi connectivity index (χ4n) is 1.82. The zero-order chi connectivity index (χ0) is 11.5. The van der Waals surface area contributed by atoms with E-state index < -0.39 is 0 Å². The third-order valence-corrected chi connectivity index (χ3v) is 2.73. The molecule has 0 saturated heterocycles. The van der Waals surface area contributed by atoms with Gasteiger partial charge in [0, 0.05) is 37.1 Å². The molecule has 2 heterocycles. The Morgan fingerprint density at radius 1 is 1.31 bits per heavy atom. The first kappa shape index (κ1) is 10.8. The van der Waals surface area contributed by atoms with Crippen molar-refractivity contribution in [2.75, 3.05) is 0 Å². The van der Waals surface area contributed by atoms with Gasteiger partial charge in [0.2, 0.25) is 0 Å². The molecule has 0 aromatic carbocycles. The number of pyridine rings is 1. The van der Waals surface area contributed by atoms with Crippen molar-refractivity contribution >= 4 is 0 Å². The minimum atomic E-state index is 0.496. The Labute approximate surface area is 95.1 Å². The minimum Gasteiger partial charge on any atom is -0.326 e. The lowest BCUT2D eigenvalue weighted by Gasteiger charge is -2.12. The summed E-state index contributed by atoms with van der Waals surface area (Å²) in [7, 11) is 0. The van der Waals surface area contributed by atoms with Crippen LogP contribution in [-0.4, -0.2) is 14.5 Å². The number of imidazole rings is 1. The van der Waals surface area contributed by atoms with Gasteiger partial charge in [-0.05, 0) is 18.6 Å². The van der Waals surface area contributed by atoms with E-state index in [9.17, 15) is 0 Å². The molecule has 0 aliphatic heterocycles. The molecule has 0 unspecified atom stereocenters. The van der Waals surface area contributed by atoms with Crippen LogP contribution in [0.1, 0.15) is 23.9 Å². The molecule has 0 bridgehead atoms. The molecule has 0 atom stereocenters. The first-order valence-electron chi connectivity index (χ1n) is 5.45. The summed E-state index contributed by atoms with van der Waals surface area (Å²) in [5.41, 5.74) is 8.02. The molecule has 0 aliphatic carbocycles. The van der Waals surface area contributed by atoms with Gasteiger partial charge < -0.3 is 5.73 Å². The topological polar surface area (TPSA) is 56.7 Å².